The summed E-state index contributed by atoms with van der Waals surface area (Å²) in [6.45, 7) is 1.94. The standard InChI is InChI=1S/C20H20ClN3O5S2/c1-3-24-19(26)17(12-18(25)22-14-5-4-6-15(11-14)29-2)30-20(24)23-31(27,28)16-9-7-13(21)8-10-16/h4-11,17H,3,12H2,1-2H3,(H,22,25). The lowest BCUT2D eigenvalue weighted by Crippen LogP contribution is -2.33. The highest BCUT2D eigenvalue weighted by atomic mass is 35.5. The molecule has 0 bridgehead atoms. The predicted octanol–water partition coefficient (Wildman–Crippen LogP) is 3.39. The van der Waals surface area contributed by atoms with Gasteiger partial charge in [0.15, 0.2) is 5.17 Å². The SMILES string of the molecule is CCN1C(=O)C(CC(=O)Nc2cccc(OC)c2)SC1=NS(=O)(=O)c1ccc(Cl)cc1. The Balaban J connectivity index is 1.75. The van der Waals surface area contributed by atoms with Crippen LogP contribution in [-0.2, 0) is 19.6 Å². The minimum absolute atomic E-state index is 0.0345. The first-order chi connectivity index (χ1) is 14.7. The number of nitrogens with zero attached hydrogens (tertiary/aromatic N) is 2. The van der Waals surface area contributed by atoms with Crippen molar-refractivity contribution in [1.29, 1.82) is 0 Å². The number of rotatable bonds is 7. The Morgan fingerprint density at radius 3 is 2.61 bits per heavy atom. The average Bonchev–Trinajstić information content (AvgIpc) is 3.01. The zero-order valence-electron chi connectivity index (χ0n) is 16.7. The van der Waals surface area contributed by atoms with E-state index in [0.717, 1.165) is 11.8 Å². The van der Waals surface area contributed by atoms with Crippen LogP contribution in [0, 0.1) is 0 Å². The highest BCUT2D eigenvalue weighted by molar-refractivity contribution is 8.16. The number of methoxy groups -OCH3 is 1. The molecule has 1 aliphatic rings. The fourth-order valence-electron chi connectivity index (χ4n) is 2.84. The van der Waals surface area contributed by atoms with E-state index in [1.807, 2.05) is 0 Å². The van der Waals surface area contributed by atoms with Crippen molar-refractivity contribution in [2.24, 2.45) is 4.40 Å². The lowest BCUT2D eigenvalue weighted by Gasteiger charge is -2.13. The van der Waals surface area contributed by atoms with E-state index in [9.17, 15) is 18.0 Å². The van der Waals surface area contributed by atoms with E-state index in [-0.39, 0.29) is 34.8 Å². The third kappa shape index (κ3) is 5.57. The molecule has 1 N–H and O–H groups in total. The van der Waals surface area contributed by atoms with Crippen molar-refractivity contribution in [3.8, 4) is 5.75 Å². The molecule has 164 valence electrons. The summed E-state index contributed by atoms with van der Waals surface area (Å²) in [5, 5.41) is 2.38. The van der Waals surface area contributed by atoms with Gasteiger partial charge in [0.2, 0.25) is 11.8 Å². The van der Waals surface area contributed by atoms with Gasteiger partial charge in [0.25, 0.3) is 10.0 Å². The second-order valence-electron chi connectivity index (χ2n) is 6.48. The molecule has 1 unspecified atom stereocenters. The summed E-state index contributed by atoms with van der Waals surface area (Å²) in [5.41, 5.74) is 0.534. The van der Waals surface area contributed by atoms with Gasteiger partial charge in [0.1, 0.15) is 11.0 Å². The molecule has 3 rings (SSSR count). The fourth-order valence-corrected chi connectivity index (χ4v) is 5.39. The van der Waals surface area contributed by atoms with Crippen molar-refractivity contribution >= 4 is 56.1 Å². The summed E-state index contributed by atoms with van der Waals surface area (Å²) in [6.07, 6.45) is -0.128. The fraction of sp³-hybridized carbons (Fsp3) is 0.250. The number of halogens is 1. The van der Waals surface area contributed by atoms with Crippen LogP contribution in [0.2, 0.25) is 5.02 Å². The summed E-state index contributed by atoms with van der Waals surface area (Å²) in [5.74, 6) is -0.154. The number of thioether (sulfide) groups is 1. The number of hydrogen-bond acceptors (Lipinski definition) is 6. The van der Waals surface area contributed by atoms with Gasteiger partial charge in [0.05, 0.1) is 12.0 Å². The van der Waals surface area contributed by atoms with Crippen molar-refractivity contribution in [3.63, 3.8) is 0 Å². The maximum atomic E-state index is 12.7. The minimum Gasteiger partial charge on any atom is -0.497 e. The molecule has 1 fully saturated rings. The third-order valence-corrected chi connectivity index (χ3v) is 7.19. The van der Waals surface area contributed by atoms with Crippen LogP contribution < -0.4 is 10.1 Å². The minimum atomic E-state index is -4.03. The number of carbonyl (C=O) groups excluding carboxylic acids is 2. The van der Waals surface area contributed by atoms with Gasteiger partial charge in [-0.05, 0) is 43.3 Å². The normalized spacial score (nSPS) is 17.8. The Labute approximate surface area is 189 Å². The Bertz CT molecular complexity index is 1120. The van der Waals surface area contributed by atoms with Gasteiger partial charge in [-0.15, -0.1) is 4.40 Å². The van der Waals surface area contributed by atoms with Crippen molar-refractivity contribution in [1.82, 2.24) is 4.90 Å². The monoisotopic (exact) mass is 481 g/mol. The Morgan fingerprint density at radius 1 is 1.26 bits per heavy atom. The van der Waals surface area contributed by atoms with Gasteiger partial charge in [0, 0.05) is 29.7 Å². The number of carbonyl (C=O) groups is 2. The van der Waals surface area contributed by atoms with Crippen LogP contribution in [0.4, 0.5) is 5.69 Å². The molecule has 2 aromatic rings. The number of hydrogen-bond donors (Lipinski definition) is 1. The molecule has 0 radical (unpaired) electrons. The molecule has 31 heavy (non-hydrogen) atoms. The van der Waals surface area contributed by atoms with E-state index in [0.29, 0.717) is 16.5 Å². The predicted molar refractivity (Wildman–Crippen MR) is 121 cm³/mol. The summed E-state index contributed by atoms with van der Waals surface area (Å²) in [7, 11) is -2.51. The largest absolute Gasteiger partial charge is 0.497 e. The lowest BCUT2D eigenvalue weighted by atomic mass is 10.2. The maximum Gasteiger partial charge on any atom is 0.284 e. The molecule has 0 saturated carbocycles. The van der Waals surface area contributed by atoms with E-state index < -0.39 is 15.3 Å². The lowest BCUT2D eigenvalue weighted by molar-refractivity contribution is -0.128. The summed E-state index contributed by atoms with van der Waals surface area (Å²) in [6, 6.07) is 12.4. The molecular formula is C20H20ClN3O5S2. The Kier molecular flexibility index (Phi) is 7.24. The van der Waals surface area contributed by atoms with Crippen molar-refractivity contribution in [2.45, 2.75) is 23.5 Å². The number of anilines is 1. The first-order valence-corrected chi connectivity index (χ1v) is 12.0. The number of ether oxygens (including phenoxy) is 1. The molecule has 0 spiro atoms. The molecule has 11 heteroatoms. The van der Waals surface area contributed by atoms with Crippen LogP contribution in [0.5, 0.6) is 5.75 Å². The molecule has 1 heterocycles. The summed E-state index contributed by atoms with van der Waals surface area (Å²) >= 11 is 6.77. The van der Waals surface area contributed by atoms with E-state index in [1.54, 1.807) is 31.2 Å². The van der Waals surface area contributed by atoms with Crippen LogP contribution in [0.1, 0.15) is 13.3 Å². The van der Waals surface area contributed by atoms with Crippen molar-refractivity contribution < 1.29 is 22.7 Å². The molecule has 8 nitrogen and oxygen atoms in total. The van der Waals surface area contributed by atoms with Gasteiger partial charge in [-0.25, -0.2) is 0 Å². The second kappa shape index (κ2) is 9.71. The van der Waals surface area contributed by atoms with Crippen LogP contribution in [-0.4, -0.2) is 49.2 Å². The van der Waals surface area contributed by atoms with Gasteiger partial charge >= 0.3 is 0 Å². The smallest absolute Gasteiger partial charge is 0.284 e. The first-order valence-electron chi connectivity index (χ1n) is 9.26. The van der Waals surface area contributed by atoms with E-state index in [4.69, 9.17) is 16.3 Å². The molecular weight excluding hydrogens is 462 g/mol. The number of amidine groups is 1. The molecule has 1 atom stereocenters. The number of benzene rings is 2. The van der Waals surface area contributed by atoms with Crippen molar-refractivity contribution in [2.75, 3.05) is 19.0 Å². The van der Waals surface area contributed by atoms with Crippen LogP contribution in [0.15, 0.2) is 57.8 Å². The molecule has 1 saturated heterocycles. The molecule has 1 aliphatic heterocycles. The quantitative estimate of drug-likeness (QED) is 0.649. The zero-order chi connectivity index (χ0) is 22.6. The number of sulfonamides is 1. The molecule has 0 aliphatic carbocycles. The molecule has 2 aromatic carbocycles. The number of nitrogens with one attached hydrogen (secondary N) is 1. The summed E-state index contributed by atoms with van der Waals surface area (Å²) < 4.78 is 34.2. The highest BCUT2D eigenvalue weighted by Gasteiger charge is 2.39. The number of amides is 2. The van der Waals surface area contributed by atoms with Crippen LogP contribution in [0.3, 0.4) is 0 Å². The first kappa shape index (κ1) is 23.1. The van der Waals surface area contributed by atoms with E-state index >= 15 is 0 Å². The van der Waals surface area contributed by atoms with Crippen molar-refractivity contribution in [3.05, 3.63) is 53.6 Å². The average molecular weight is 482 g/mol. The second-order valence-corrected chi connectivity index (χ2v) is 9.69. The summed E-state index contributed by atoms with van der Waals surface area (Å²) in [4.78, 5) is 26.4. The van der Waals surface area contributed by atoms with Gasteiger partial charge < -0.3 is 10.1 Å². The van der Waals surface area contributed by atoms with Gasteiger partial charge in [-0.3, -0.25) is 14.5 Å². The molecule has 0 aromatic heterocycles. The molecule has 2 amide bonds. The Morgan fingerprint density at radius 2 is 1.97 bits per heavy atom. The van der Waals surface area contributed by atoms with Gasteiger partial charge in [-0.2, -0.15) is 8.42 Å². The highest BCUT2D eigenvalue weighted by Crippen LogP contribution is 2.31. The third-order valence-electron chi connectivity index (χ3n) is 4.37. The van der Waals surface area contributed by atoms with Crippen LogP contribution in [0.25, 0.3) is 0 Å². The van der Waals surface area contributed by atoms with E-state index in [2.05, 4.69) is 9.71 Å². The zero-order valence-corrected chi connectivity index (χ0v) is 19.1. The Hall–Kier alpha value is -2.56. The van der Waals surface area contributed by atoms with Crippen LogP contribution >= 0.6 is 23.4 Å². The topological polar surface area (TPSA) is 105 Å². The van der Waals surface area contributed by atoms with Gasteiger partial charge in [-0.1, -0.05) is 29.4 Å². The van der Waals surface area contributed by atoms with E-state index in [1.165, 1.54) is 36.3 Å². The maximum absolute atomic E-state index is 12.7.